The zero-order valence-electron chi connectivity index (χ0n) is 20.1. The van der Waals surface area contributed by atoms with Crippen molar-refractivity contribution in [3.63, 3.8) is 0 Å². The third-order valence-corrected chi connectivity index (χ3v) is 7.77. The summed E-state index contributed by atoms with van der Waals surface area (Å²) in [5.74, 6) is -1.07. The summed E-state index contributed by atoms with van der Waals surface area (Å²) < 4.78 is 5.93. The molecule has 0 fully saturated rings. The maximum absolute atomic E-state index is 13.7. The number of aliphatic hydroxyl groups is 2. The Bertz CT molecular complexity index is 1490. The lowest BCUT2D eigenvalue weighted by Crippen LogP contribution is -2.57. The highest BCUT2D eigenvalue weighted by Crippen LogP contribution is 2.60. The second kappa shape index (κ2) is 7.27. The number of hydrogen-bond donors (Lipinski definition) is 2. The van der Waals surface area contributed by atoms with Crippen LogP contribution in [0.1, 0.15) is 55.0 Å². The molecular weight excluding hydrogens is 436 g/mol. The predicted molar refractivity (Wildman–Crippen MR) is 135 cm³/mol. The van der Waals surface area contributed by atoms with Gasteiger partial charge in [-0.3, -0.25) is 4.79 Å². The zero-order valence-corrected chi connectivity index (χ0v) is 20.1. The average molecular weight is 465 g/mol. The van der Waals surface area contributed by atoms with Crippen molar-refractivity contribution < 1.29 is 19.7 Å². The molecule has 3 unspecified atom stereocenters. The molecule has 0 radical (unpaired) electrons. The Hall–Kier alpha value is -3.47. The number of carbonyl (C=O) groups excluding carboxylic acids is 1. The number of fused-ring (bicyclic) bond motifs is 2. The van der Waals surface area contributed by atoms with Crippen LogP contribution in [0.3, 0.4) is 0 Å². The number of esters is 1. The molecule has 3 aliphatic carbocycles. The second-order valence-corrected chi connectivity index (χ2v) is 10.8. The fraction of sp³-hybridized carbons (Fsp3) is 0.258. The van der Waals surface area contributed by atoms with Gasteiger partial charge in [-0.2, -0.15) is 0 Å². The molecule has 0 heterocycles. The SMILES string of the molecule is CC(C)(C)c1ccc2c(c1)C1(O)CC(C(=O)Oc3cccc4ccccc34)C2(O)c2ccccc21. The maximum atomic E-state index is 13.7. The van der Waals surface area contributed by atoms with E-state index in [2.05, 4.69) is 20.8 Å². The Morgan fingerprint density at radius 3 is 2.26 bits per heavy atom. The number of carbonyl (C=O) groups is 1. The van der Waals surface area contributed by atoms with E-state index in [1.54, 1.807) is 12.1 Å². The van der Waals surface area contributed by atoms with Crippen molar-refractivity contribution in [1.29, 1.82) is 0 Å². The summed E-state index contributed by atoms with van der Waals surface area (Å²) in [5.41, 5.74) is 0.372. The van der Waals surface area contributed by atoms with Crippen molar-refractivity contribution in [3.8, 4) is 5.75 Å². The first-order valence-corrected chi connectivity index (χ1v) is 12.0. The predicted octanol–water partition coefficient (Wildman–Crippen LogP) is 5.55. The lowest BCUT2D eigenvalue weighted by molar-refractivity contribution is -0.157. The van der Waals surface area contributed by atoms with Crippen molar-refractivity contribution in [2.45, 2.75) is 43.8 Å². The summed E-state index contributed by atoms with van der Waals surface area (Å²) in [6.07, 6.45) is 0.0463. The van der Waals surface area contributed by atoms with E-state index >= 15 is 0 Å². The largest absolute Gasteiger partial charge is 0.426 e. The van der Waals surface area contributed by atoms with Crippen LogP contribution in [-0.4, -0.2) is 16.2 Å². The Labute approximate surface area is 204 Å². The molecule has 0 spiro atoms. The Kier molecular flexibility index (Phi) is 4.57. The molecule has 3 atom stereocenters. The molecule has 4 aromatic rings. The van der Waals surface area contributed by atoms with Crippen LogP contribution in [0, 0.1) is 5.92 Å². The Balaban J connectivity index is 1.50. The van der Waals surface area contributed by atoms with Crippen LogP contribution in [0.15, 0.2) is 84.9 Å². The molecule has 4 aromatic carbocycles. The van der Waals surface area contributed by atoms with E-state index in [9.17, 15) is 15.0 Å². The van der Waals surface area contributed by atoms with Gasteiger partial charge in [0.25, 0.3) is 0 Å². The van der Waals surface area contributed by atoms with Gasteiger partial charge in [-0.15, -0.1) is 0 Å². The van der Waals surface area contributed by atoms with Gasteiger partial charge in [-0.1, -0.05) is 99.6 Å². The zero-order chi connectivity index (χ0) is 24.6. The van der Waals surface area contributed by atoms with E-state index < -0.39 is 23.1 Å². The van der Waals surface area contributed by atoms with Crippen LogP contribution >= 0.6 is 0 Å². The van der Waals surface area contributed by atoms with Crippen molar-refractivity contribution >= 4 is 16.7 Å². The van der Waals surface area contributed by atoms with Gasteiger partial charge in [0.1, 0.15) is 17.0 Å². The highest BCUT2D eigenvalue weighted by molar-refractivity contribution is 5.91. The quantitative estimate of drug-likeness (QED) is 0.302. The van der Waals surface area contributed by atoms with Gasteiger partial charge in [-0.25, -0.2) is 0 Å². The van der Waals surface area contributed by atoms with E-state index in [1.165, 1.54) is 0 Å². The molecule has 0 amide bonds. The second-order valence-electron chi connectivity index (χ2n) is 10.8. The van der Waals surface area contributed by atoms with Gasteiger partial charge in [0.15, 0.2) is 0 Å². The minimum absolute atomic E-state index is 0.0463. The van der Waals surface area contributed by atoms with Gasteiger partial charge in [0.2, 0.25) is 0 Å². The molecule has 35 heavy (non-hydrogen) atoms. The summed E-state index contributed by atoms with van der Waals surface area (Å²) in [5, 5.41) is 26.3. The van der Waals surface area contributed by atoms with Crippen LogP contribution in [0.5, 0.6) is 5.75 Å². The fourth-order valence-electron chi connectivity index (χ4n) is 5.91. The molecule has 0 saturated carbocycles. The number of hydrogen-bond acceptors (Lipinski definition) is 4. The van der Waals surface area contributed by atoms with Gasteiger partial charge < -0.3 is 14.9 Å². The average Bonchev–Trinajstić information content (AvgIpc) is 2.85. The fourth-order valence-corrected chi connectivity index (χ4v) is 5.91. The van der Waals surface area contributed by atoms with Crippen LogP contribution < -0.4 is 4.74 Å². The van der Waals surface area contributed by atoms with Gasteiger partial charge in [-0.05, 0) is 44.7 Å². The Morgan fingerprint density at radius 2 is 1.49 bits per heavy atom. The van der Waals surface area contributed by atoms with Gasteiger partial charge >= 0.3 is 5.97 Å². The van der Waals surface area contributed by atoms with E-state index in [0.717, 1.165) is 16.3 Å². The maximum Gasteiger partial charge on any atom is 0.318 e. The van der Waals surface area contributed by atoms with E-state index in [4.69, 9.17) is 4.74 Å². The molecule has 0 saturated heterocycles. The standard InChI is InChI=1S/C31H28O4/c1-29(2,3)20-15-16-24-25(17-20)30(33)18-26(31(24,34)23-13-7-6-12-22(23)30)28(32)35-27-14-8-10-19-9-4-5-11-21(19)27/h4-17,26,33-34H,18H2,1-3H3. The molecule has 176 valence electrons. The molecule has 7 rings (SSSR count). The van der Waals surface area contributed by atoms with Crippen molar-refractivity contribution in [2.75, 3.05) is 0 Å². The summed E-state index contributed by atoms with van der Waals surface area (Å²) >= 11 is 0. The first-order valence-electron chi connectivity index (χ1n) is 12.0. The molecule has 0 aromatic heterocycles. The monoisotopic (exact) mass is 464 g/mol. The van der Waals surface area contributed by atoms with Crippen molar-refractivity contribution in [1.82, 2.24) is 0 Å². The minimum atomic E-state index is -1.60. The van der Waals surface area contributed by atoms with Crippen LogP contribution in [0.25, 0.3) is 10.8 Å². The first-order chi connectivity index (χ1) is 16.6. The van der Waals surface area contributed by atoms with Gasteiger partial charge in [0, 0.05) is 11.8 Å². The van der Waals surface area contributed by atoms with Crippen LogP contribution in [-0.2, 0) is 21.4 Å². The molecule has 4 nitrogen and oxygen atoms in total. The summed E-state index contributed by atoms with van der Waals surface area (Å²) in [7, 11) is 0. The molecular formula is C31H28O4. The topological polar surface area (TPSA) is 66.8 Å². The molecule has 3 aliphatic rings. The normalized spacial score (nSPS) is 24.7. The minimum Gasteiger partial charge on any atom is -0.426 e. The van der Waals surface area contributed by atoms with Gasteiger partial charge in [0.05, 0.1) is 5.92 Å². The lowest BCUT2D eigenvalue weighted by atomic mass is 9.54. The first kappa shape index (κ1) is 22.0. The number of benzene rings is 4. The third-order valence-electron chi connectivity index (χ3n) is 7.77. The third kappa shape index (κ3) is 3.03. The van der Waals surface area contributed by atoms with E-state index in [0.29, 0.717) is 28.0 Å². The van der Waals surface area contributed by atoms with Crippen molar-refractivity contribution in [3.05, 3.63) is 113 Å². The van der Waals surface area contributed by atoms with Crippen LogP contribution in [0.4, 0.5) is 0 Å². The molecule has 2 N–H and O–H groups in total. The lowest BCUT2D eigenvalue weighted by Gasteiger charge is -2.54. The molecule has 4 heteroatoms. The summed E-state index contributed by atoms with van der Waals surface area (Å²) in [6.45, 7) is 6.35. The molecule has 2 bridgehead atoms. The number of rotatable bonds is 2. The smallest absolute Gasteiger partial charge is 0.318 e. The highest BCUT2D eigenvalue weighted by Gasteiger charge is 2.62. The Morgan fingerprint density at radius 1 is 0.829 bits per heavy atom. The van der Waals surface area contributed by atoms with Crippen LogP contribution in [0.2, 0.25) is 0 Å². The van der Waals surface area contributed by atoms with Crippen molar-refractivity contribution in [2.24, 2.45) is 5.92 Å². The summed E-state index contributed by atoms with van der Waals surface area (Å²) in [4.78, 5) is 13.7. The number of ether oxygens (including phenoxy) is 1. The summed E-state index contributed by atoms with van der Waals surface area (Å²) in [6, 6.07) is 26.5. The van der Waals surface area contributed by atoms with E-state index in [-0.39, 0.29) is 11.8 Å². The highest BCUT2D eigenvalue weighted by atomic mass is 16.5. The molecule has 0 aliphatic heterocycles. The van der Waals surface area contributed by atoms with E-state index in [1.807, 2.05) is 72.8 Å².